The molecule has 0 spiro atoms. The van der Waals surface area contributed by atoms with Crippen LogP contribution in [0.1, 0.15) is 31.9 Å². The van der Waals surface area contributed by atoms with E-state index in [9.17, 15) is 0 Å². The van der Waals surface area contributed by atoms with Crippen LogP contribution in [0.15, 0.2) is 24.5 Å². The lowest BCUT2D eigenvalue weighted by Crippen LogP contribution is -2.15. The summed E-state index contributed by atoms with van der Waals surface area (Å²) in [6.07, 6.45) is 1.62. The maximum Gasteiger partial charge on any atom is 0.143 e. The molecule has 0 unspecified atom stereocenters. The average Bonchev–Trinajstić information content (AvgIpc) is 2.69. The van der Waals surface area contributed by atoms with E-state index in [1.807, 2.05) is 0 Å². The average molecular weight is 216 g/mol. The third kappa shape index (κ3) is 1.96. The van der Waals surface area contributed by atoms with E-state index in [-0.39, 0.29) is 5.41 Å². The van der Waals surface area contributed by atoms with Gasteiger partial charge in [-0.15, -0.1) is 5.10 Å². The lowest BCUT2D eigenvalue weighted by molar-refractivity contribution is 0.581. The second-order valence-corrected chi connectivity index (χ2v) is 5.02. The molecule has 16 heavy (non-hydrogen) atoms. The Labute approximate surface area is 95.3 Å². The Balaban J connectivity index is 2.62. The van der Waals surface area contributed by atoms with Gasteiger partial charge in [-0.3, -0.25) is 0 Å². The van der Waals surface area contributed by atoms with Crippen LogP contribution in [-0.2, 0) is 5.41 Å². The van der Waals surface area contributed by atoms with Gasteiger partial charge in [0, 0.05) is 0 Å². The first-order chi connectivity index (χ1) is 7.48. The standard InChI is InChI=1S/C12H16N4/c1-9-5-6-11(16-8-13-14-15-16)10(7-9)12(2,3)4/h5-8H,1-4H3. The first-order valence-corrected chi connectivity index (χ1v) is 5.33. The maximum atomic E-state index is 3.95. The van der Waals surface area contributed by atoms with Gasteiger partial charge in [-0.05, 0) is 34.4 Å². The number of tetrazole rings is 1. The van der Waals surface area contributed by atoms with Gasteiger partial charge in [0.1, 0.15) is 6.33 Å². The van der Waals surface area contributed by atoms with Crippen LogP contribution in [0.2, 0.25) is 0 Å². The lowest BCUT2D eigenvalue weighted by Gasteiger charge is -2.22. The number of nitrogens with zero attached hydrogens (tertiary/aromatic N) is 4. The second-order valence-electron chi connectivity index (χ2n) is 5.02. The van der Waals surface area contributed by atoms with Gasteiger partial charge in [0.25, 0.3) is 0 Å². The first kappa shape index (κ1) is 10.8. The van der Waals surface area contributed by atoms with Crippen molar-refractivity contribution in [1.82, 2.24) is 20.2 Å². The Morgan fingerprint density at radius 2 is 1.94 bits per heavy atom. The minimum Gasteiger partial charge on any atom is -0.200 e. The van der Waals surface area contributed by atoms with Crippen LogP contribution in [0.4, 0.5) is 0 Å². The number of benzene rings is 1. The van der Waals surface area contributed by atoms with Crippen molar-refractivity contribution in [1.29, 1.82) is 0 Å². The summed E-state index contributed by atoms with van der Waals surface area (Å²) in [6, 6.07) is 6.33. The van der Waals surface area contributed by atoms with Crippen molar-refractivity contribution in [2.45, 2.75) is 33.1 Å². The Hall–Kier alpha value is -1.71. The number of hydrogen-bond acceptors (Lipinski definition) is 3. The van der Waals surface area contributed by atoms with Crippen molar-refractivity contribution in [3.63, 3.8) is 0 Å². The molecule has 0 fully saturated rings. The van der Waals surface area contributed by atoms with Crippen molar-refractivity contribution in [2.75, 3.05) is 0 Å². The Kier molecular flexibility index (Phi) is 2.50. The molecule has 4 heteroatoms. The van der Waals surface area contributed by atoms with Gasteiger partial charge in [-0.1, -0.05) is 38.5 Å². The zero-order valence-electron chi connectivity index (χ0n) is 10.1. The van der Waals surface area contributed by atoms with Gasteiger partial charge in [-0.2, -0.15) is 0 Å². The van der Waals surface area contributed by atoms with Gasteiger partial charge in [0.2, 0.25) is 0 Å². The molecule has 0 atom stereocenters. The van der Waals surface area contributed by atoms with E-state index < -0.39 is 0 Å². The molecule has 0 bridgehead atoms. The topological polar surface area (TPSA) is 43.6 Å². The van der Waals surface area contributed by atoms with Crippen LogP contribution in [0.25, 0.3) is 5.69 Å². The molecule has 2 rings (SSSR count). The third-order valence-corrected chi connectivity index (χ3v) is 2.56. The minimum atomic E-state index is 0.0767. The fourth-order valence-electron chi connectivity index (χ4n) is 1.72. The van der Waals surface area contributed by atoms with E-state index in [4.69, 9.17) is 0 Å². The summed E-state index contributed by atoms with van der Waals surface area (Å²) in [7, 11) is 0. The van der Waals surface area contributed by atoms with Crippen molar-refractivity contribution < 1.29 is 0 Å². The van der Waals surface area contributed by atoms with E-state index in [0.717, 1.165) is 5.69 Å². The van der Waals surface area contributed by atoms with Crippen molar-refractivity contribution in [2.24, 2.45) is 0 Å². The third-order valence-electron chi connectivity index (χ3n) is 2.56. The maximum absolute atomic E-state index is 3.95. The molecule has 0 saturated heterocycles. The zero-order chi connectivity index (χ0) is 11.8. The van der Waals surface area contributed by atoms with Crippen LogP contribution >= 0.6 is 0 Å². The summed E-state index contributed by atoms with van der Waals surface area (Å²) in [4.78, 5) is 0. The Morgan fingerprint density at radius 1 is 1.19 bits per heavy atom. The van der Waals surface area contributed by atoms with E-state index in [1.54, 1.807) is 11.0 Å². The normalized spacial score (nSPS) is 11.8. The fourth-order valence-corrected chi connectivity index (χ4v) is 1.72. The van der Waals surface area contributed by atoms with Gasteiger partial charge in [0.05, 0.1) is 5.69 Å². The summed E-state index contributed by atoms with van der Waals surface area (Å²) in [5.41, 5.74) is 3.62. The zero-order valence-corrected chi connectivity index (χ0v) is 10.1. The summed E-state index contributed by atoms with van der Waals surface area (Å²) < 4.78 is 1.71. The monoisotopic (exact) mass is 216 g/mol. The van der Waals surface area contributed by atoms with E-state index in [0.29, 0.717) is 0 Å². The molecular formula is C12H16N4. The van der Waals surface area contributed by atoms with Gasteiger partial charge in [-0.25, -0.2) is 4.68 Å². The highest BCUT2D eigenvalue weighted by Gasteiger charge is 2.19. The molecule has 84 valence electrons. The highest BCUT2D eigenvalue weighted by Crippen LogP contribution is 2.28. The van der Waals surface area contributed by atoms with Crippen LogP contribution < -0.4 is 0 Å². The van der Waals surface area contributed by atoms with E-state index >= 15 is 0 Å². The minimum absolute atomic E-state index is 0.0767. The molecular weight excluding hydrogens is 200 g/mol. The number of rotatable bonds is 1. The van der Waals surface area contributed by atoms with Gasteiger partial charge >= 0.3 is 0 Å². The molecule has 0 N–H and O–H groups in total. The highest BCUT2D eigenvalue weighted by atomic mass is 15.5. The van der Waals surface area contributed by atoms with Gasteiger partial charge < -0.3 is 0 Å². The number of aryl methyl sites for hydroxylation is 1. The van der Waals surface area contributed by atoms with Crippen molar-refractivity contribution >= 4 is 0 Å². The van der Waals surface area contributed by atoms with E-state index in [1.165, 1.54) is 11.1 Å². The largest absolute Gasteiger partial charge is 0.200 e. The molecule has 0 amide bonds. The van der Waals surface area contributed by atoms with E-state index in [2.05, 4.69) is 61.4 Å². The summed E-state index contributed by atoms with van der Waals surface area (Å²) >= 11 is 0. The molecule has 0 aliphatic carbocycles. The summed E-state index contributed by atoms with van der Waals surface area (Å²) in [6.45, 7) is 8.67. The predicted molar refractivity (Wildman–Crippen MR) is 62.6 cm³/mol. The second kappa shape index (κ2) is 3.70. The number of hydrogen-bond donors (Lipinski definition) is 0. The molecule has 2 aromatic rings. The molecule has 0 saturated carbocycles. The quantitative estimate of drug-likeness (QED) is 0.734. The summed E-state index contributed by atoms with van der Waals surface area (Å²) in [5.74, 6) is 0. The fraction of sp³-hybridized carbons (Fsp3) is 0.417. The molecule has 4 nitrogen and oxygen atoms in total. The molecule has 1 aromatic heterocycles. The molecule has 0 aliphatic rings. The molecule has 1 heterocycles. The Bertz CT molecular complexity index is 480. The molecule has 0 radical (unpaired) electrons. The van der Waals surface area contributed by atoms with Crippen LogP contribution in [-0.4, -0.2) is 20.2 Å². The smallest absolute Gasteiger partial charge is 0.143 e. The van der Waals surface area contributed by atoms with Crippen LogP contribution in [0.3, 0.4) is 0 Å². The summed E-state index contributed by atoms with van der Waals surface area (Å²) in [5, 5.41) is 11.3. The van der Waals surface area contributed by atoms with Crippen LogP contribution in [0.5, 0.6) is 0 Å². The van der Waals surface area contributed by atoms with Crippen LogP contribution in [0, 0.1) is 6.92 Å². The Morgan fingerprint density at radius 3 is 2.50 bits per heavy atom. The lowest BCUT2D eigenvalue weighted by atomic mass is 9.85. The first-order valence-electron chi connectivity index (χ1n) is 5.33. The SMILES string of the molecule is Cc1ccc(-n2cnnn2)c(C(C)(C)C)c1. The van der Waals surface area contributed by atoms with Gasteiger partial charge in [0.15, 0.2) is 0 Å². The molecule has 1 aromatic carbocycles. The molecule has 0 aliphatic heterocycles. The van der Waals surface area contributed by atoms with Crippen molar-refractivity contribution in [3.05, 3.63) is 35.7 Å². The number of aromatic nitrogens is 4. The predicted octanol–water partition coefficient (Wildman–Crippen LogP) is 2.27. The van der Waals surface area contributed by atoms with Crippen molar-refractivity contribution in [3.8, 4) is 5.69 Å². The highest BCUT2D eigenvalue weighted by molar-refractivity contribution is 5.46.